The van der Waals surface area contributed by atoms with Crippen LogP contribution in [0.1, 0.15) is 13.8 Å². The van der Waals surface area contributed by atoms with Crippen LogP contribution in [0.4, 0.5) is 5.82 Å². The van der Waals surface area contributed by atoms with Crippen molar-refractivity contribution in [3.8, 4) is 0 Å². The maximum atomic E-state index is 5.52. The lowest BCUT2D eigenvalue weighted by Crippen LogP contribution is -2.25. The van der Waals surface area contributed by atoms with E-state index in [0.29, 0.717) is 5.82 Å². The van der Waals surface area contributed by atoms with Gasteiger partial charge in [-0.05, 0) is 25.2 Å². The fraction of sp³-hybridized carbons (Fsp3) is 0.545. The average molecular weight is 225 g/mol. The number of anilines is 1. The quantitative estimate of drug-likeness (QED) is 0.753. The Bertz CT molecular complexity index is 270. The van der Waals surface area contributed by atoms with E-state index < -0.39 is 0 Å². The Kier molecular flexibility index (Phi) is 5.50. The zero-order chi connectivity index (χ0) is 11.1. The van der Waals surface area contributed by atoms with Crippen LogP contribution in [-0.4, -0.2) is 35.3 Å². The maximum absolute atomic E-state index is 5.52. The van der Waals surface area contributed by atoms with E-state index in [4.69, 9.17) is 5.73 Å². The molecule has 0 radical (unpaired) electrons. The summed E-state index contributed by atoms with van der Waals surface area (Å²) in [6.07, 6.45) is 1.84. The highest BCUT2D eigenvalue weighted by Crippen LogP contribution is 2.17. The van der Waals surface area contributed by atoms with Gasteiger partial charge in [0.1, 0.15) is 5.82 Å². The number of hydrogen-bond donors (Lipinski definition) is 1. The minimum Gasteiger partial charge on any atom is -0.384 e. The summed E-state index contributed by atoms with van der Waals surface area (Å²) in [6.45, 7) is 7.76. The lowest BCUT2D eigenvalue weighted by molar-refractivity contribution is 0.324. The van der Waals surface area contributed by atoms with Crippen LogP contribution in [0.25, 0.3) is 0 Å². The van der Waals surface area contributed by atoms with Crippen LogP contribution in [0, 0.1) is 0 Å². The molecule has 0 amide bonds. The summed E-state index contributed by atoms with van der Waals surface area (Å²) >= 11 is 1.83. The van der Waals surface area contributed by atoms with Crippen molar-refractivity contribution in [2.75, 3.05) is 31.1 Å². The molecule has 1 rings (SSSR count). The van der Waals surface area contributed by atoms with Crippen molar-refractivity contribution >= 4 is 17.6 Å². The number of hydrogen-bond acceptors (Lipinski definition) is 4. The summed E-state index contributed by atoms with van der Waals surface area (Å²) in [7, 11) is 0. The Morgan fingerprint density at radius 2 is 2.07 bits per heavy atom. The first-order valence-corrected chi connectivity index (χ1v) is 6.31. The number of nitrogens with zero attached hydrogens (tertiary/aromatic N) is 2. The number of nitrogens with two attached hydrogens (primary N) is 1. The molecule has 0 saturated carbocycles. The number of aromatic nitrogens is 1. The Morgan fingerprint density at radius 3 is 2.60 bits per heavy atom. The Hall–Kier alpha value is -0.740. The third kappa shape index (κ3) is 4.53. The molecule has 3 nitrogen and oxygen atoms in total. The predicted molar refractivity (Wildman–Crippen MR) is 67.2 cm³/mol. The second kappa shape index (κ2) is 6.69. The molecule has 0 atom stereocenters. The molecule has 0 aliphatic heterocycles. The SMILES string of the molecule is CCN(CC)CCSc1ccc(N)nc1. The van der Waals surface area contributed by atoms with Crippen molar-refractivity contribution in [1.82, 2.24) is 9.88 Å². The fourth-order valence-corrected chi connectivity index (χ4v) is 2.19. The third-order valence-corrected chi connectivity index (χ3v) is 3.29. The summed E-state index contributed by atoms with van der Waals surface area (Å²) in [5.41, 5.74) is 5.52. The van der Waals surface area contributed by atoms with Crippen LogP contribution in [0.2, 0.25) is 0 Å². The molecule has 0 spiro atoms. The van der Waals surface area contributed by atoms with Gasteiger partial charge in [0.05, 0.1) is 0 Å². The molecule has 2 N–H and O–H groups in total. The molecule has 1 aromatic rings. The number of thioether (sulfide) groups is 1. The summed E-state index contributed by atoms with van der Waals surface area (Å²) in [5.74, 6) is 1.69. The first-order valence-electron chi connectivity index (χ1n) is 5.33. The van der Waals surface area contributed by atoms with E-state index in [9.17, 15) is 0 Å². The van der Waals surface area contributed by atoms with E-state index in [1.807, 2.05) is 30.1 Å². The molecular weight excluding hydrogens is 206 g/mol. The molecule has 0 aliphatic rings. The van der Waals surface area contributed by atoms with Crippen molar-refractivity contribution in [3.63, 3.8) is 0 Å². The van der Waals surface area contributed by atoms with Gasteiger partial charge in [0, 0.05) is 23.4 Å². The van der Waals surface area contributed by atoms with Crippen LogP contribution in [-0.2, 0) is 0 Å². The zero-order valence-corrected chi connectivity index (χ0v) is 10.3. The van der Waals surface area contributed by atoms with Gasteiger partial charge in [-0.2, -0.15) is 0 Å². The summed E-state index contributed by atoms with van der Waals surface area (Å²) in [4.78, 5) is 7.67. The second-order valence-corrected chi connectivity index (χ2v) is 4.46. The van der Waals surface area contributed by atoms with Crippen LogP contribution < -0.4 is 5.73 Å². The minimum absolute atomic E-state index is 0.586. The van der Waals surface area contributed by atoms with Crippen molar-refractivity contribution in [3.05, 3.63) is 18.3 Å². The molecule has 0 bridgehead atoms. The largest absolute Gasteiger partial charge is 0.384 e. The summed E-state index contributed by atoms with van der Waals surface area (Å²) in [5, 5.41) is 0. The van der Waals surface area contributed by atoms with Gasteiger partial charge in [0.15, 0.2) is 0 Å². The van der Waals surface area contributed by atoms with Crippen LogP contribution >= 0.6 is 11.8 Å². The highest BCUT2D eigenvalue weighted by Gasteiger charge is 1.99. The maximum Gasteiger partial charge on any atom is 0.123 e. The van der Waals surface area contributed by atoms with E-state index >= 15 is 0 Å². The predicted octanol–water partition coefficient (Wildman–Crippen LogP) is 2.10. The van der Waals surface area contributed by atoms with Gasteiger partial charge in [-0.25, -0.2) is 4.98 Å². The van der Waals surface area contributed by atoms with E-state index in [1.165, 1.54) is 4.90 Å². The summed E-state index contributed by atoms with van der Waals surface area (Å²) < 4.78 is 0. The molecule has 84 valence electrons. The monoisotopic (exact) mass is 225 g/mol. The Morgan fingerprint density at radius 1 is 1.33 bits per heavy atom. The third-order valence-electron chi connectivity index (χ3n) is 2.33. The van der Waals surface area contributed by atoms with Gasteiger partial charge in [0.2, 0.25) is 0 Å². The van der Waals surface area contributed by atoms with E-state index in [-0.39, 0.29) is 0 Å². The van der Waals surface area contributed by atoms with E-state index in [1.54, 1.807) is 0 Å². The van der Waals surface area contributed by atoms with Crippen LogP contribution in [0.15, 0.2) is 23.2 Å². The average Bonchev–Trinajstić information content (AvgIpc) is 2.27. The first-order chi connectivity index (χ1) is 7.26. The van der Waals surface area contributed by atoms with Crippen molar-refractivity contribution < 1.29 is 0 Å². The van der Waals surface area contributed by atoms with Crippen molar-refractivity contribution in [1.29, 1.82) is 0 Å². The molecule has 15 heavy (non-hydrogen) atoms. The highest BCUT2D eigenvalue weighted by atomic mass is 32.2. The van der Waals surface area contributed by atoms with Gasteiger partial charge in [-0.3, -0.25) is 0 Å². The summed E-state index contributed by atoms with van der Waals surface area (Å²) in [6, 6.07) is 3.87. The van der Waals surface area contributed by atoms with Crippen molar-refractivity contribution in [2.45, 2.75) is 18.7 Å². The molecule has 0 saturated heterocycles. The molecular formula is C11H19N3S. The van der Waals surface area contributed by atoms with Gasteiger partial charge < -0.3 is 10.6 Å². The topological polar surface area (TPSA) is 42.1 Å². The van der Waals surface area contributed by atoms with Gasteiger partial charge in [-0.15, -0.1) is 11.8 Å². The highest BCUT2D eigenvalue weighted by molar-refractivity contribution is 7.99. The first kappa shape index (κ1) is 12.3. The van der Waals surface area contributed by atoms with E-state index in [0.717, 1.165) is 25.4 Å². The molecule has 0 aromatic carbocycles. The molecule has 1 aromatic heterocycles. The molecule has 0 aliphatic carbocycles. The van der Waals surface area contributed by atoms with Crippen LogP contribution in [0.3, 0.4) is 0 Å². The molecule has 4 heteroatoms. The van der Waals surface area contributed by atoms with E-state index in [2.05, 4.69) is 23.7 Å². The Labute approximate surface area is 96.1 Å². The lowest BCUT2D eigenvalue weighted by atomic mass is 10.5. The number of rotatable bonds is 6. The second-order valence-electron chi connectivity index (χ2n) is 3.29. The smallest absolute Gasteiger partial charge is 0.123 e. The van der Waals surface area contributed by atoms with Gasteiger partial charge in [0.25, 0.3) is 0 Å². The normalized spacial score (nSPS) is 10.9. The Balaban J connectivity index is 2.28. The van der Waals surface area contributed by atoms with Crippen molar-refractivity contribution in [2.24, 2.45) is 0 Å². The fourth-order valence-electron chi connectivity index (χ4n) is 1.31. The van der Waals surface area contributed by atoms with Gasteiger partial charge in [-0.1, -0.05) is 13.8 Å². The lowest BCUT2D eigenvalue weighted by Gasteiger charge is -2.17. The zero-order valence-electron chi connectivity index (χ0n) is 9.44. The number of pyridine rings is 1. The molecule has 0 unspecified atom stereocenters. The van der Waals surface area contributed by atoms with Crippen LogP contribution in [0.5, 0.6) is 0 Å². The minimum atomic E-state index is 0.586. The molecule has 1 heterocycles. The standard InChI is InChI=1S/C11H19N3S/c1-3-14(4-2)7-8-15-10-5-6-11(12)13-9-10/h5-6,9H,3-4,7-8H2,1-2H3,(H2,12,13). The molecule has 0 fully saturated rings. The number of nitrogen functional groups attached to an aromatic ring is 1. The van der Waals surface area contributed by atoms with Gasteiger partial charge >= 0.3 is 0 Å².